The lowest BCUT2D eigenvalue weighted by Gasteiger charge is -2.32. The fraction of sp³-hybridized carbons (Fsp3) is 0.350. The highest BCUT2D eigenvalue weighted by Crippen LogP contribution is 2.15. The van der Waals surface area contributed by atoms with Gasteiger partial charge >= 0.3 is 0 Å². The van der Waals surface area contributed by atoms with Crippen LogP contribution in [0.3, 0.4) is 0 Å². The Labute approximate surface area is 157 Å². The van der Waals surface area contributed by atoms with Gasteiger partial charge < -0.3 is 15.1 Å². The Bertz CT molecular complexity index is 767. The summed E-state index contributed by atoms with van der Waals surface area (Å²) >= 11 is 0. The Morgan fingerprint density at radius 1 is 1.00 bits per heavy atom. The van der Waals surface area contributed by atoms with Crippen LogP contribution in [-0.4, -0.2) is 59.4 Å². The fourth-order valence-electron chi connectivity index (χ4n) is 2.93. The molecule has 1 amide bonds. The summed E-state index contributed by atoms with van der Waals surface area (Å²) in [4.78, 5) is 17.5. The standard InChI is InChI=1S/C20H25N3O2S/c1-22-11-13-23(14-12-22)20(24)17-5-7-18(8-6-17)21-15-16-3-9-19(10-4-16)26(2)25/h3-10,21H,11-15H2,1-2H3. The van der Waals surface area contributed by atoms with Crippen LogP contribution in [0.5, 0.6) is 0 Å². The van der Waals surface area contributed by atoms with E-state index in [0.29, 0.717) is 6.54 Å². The van der Waals surface area contributed by atoms with Crippen molar-refractivity contribution < 1.29 is 9.00 Å². The molecule has 1 atom stereocenters. The maximum atomic E-state index is 12.5. The van der Waals surface area contributed by atoms with E-state index in [9.17, 15) is 9.00 Å². The van der Waals surface area contributed by atoms with Crippen LogP contribution in [0.25, 0.3) is 0 Å². The molecule has 0 aliphatic carbocycles. The molecule has 1 aliphatic rings. The summed E-state index contributed by atoms with van der Waals surface area (Å²) in [5, 5.41) is 3.35. The lowest BCUT2D eigenvalue weighted by atomic mass is 10.1. The summed E-state index contributed by atoms with van der Waals surface area (Å²) in [5.41, 5.74) is 2.83. The highest BCUT2D eigenvalue weighted by molar-refractivity contribution is 7.84. The molecule has 1 saturated heterocycles. The summed E-state index contributed by atoms with van der Waals surface area (Å²) in [7, 11) is 1.13. The van der Waals surface area contributed by atoms with Crippen molar-refractivity contribution >= 4 is 22.4 Å². The predicted molar refractivity (Wildman–Crippen MR) is 106 cm³/mol. The average molecular weight is 372 g/mol. The van der Waals surface area contributed by atoms with E-state index in [-0.39, 0.29) is 5.91 Å². The van der Waals surface area contributed by atoms with Crippen molar-refractivity contribution in [3.05, 3.63) is 59.7 Å². The first-order valence-corrected chi connectivity index (χ1v) is 10.3. The highest BCUT2D eigenvalue weighted by atomic mass is 32.2. The van der Waals surface area contributed by atoms with E-state index in [0.717, 1.165) is 47.9 Å². The number of rotatable bonds is 5. The third-order valence-electron chi connectivity index (χ3n) is 4.67. The zero-order valence-electron chi connectivity index (χ0n) is 15.3. The number of carbonyl (C=O) groups excluding carboxylic acids is 1. The number of benzene rings is 2. The summed E-state index contributed by atoms with van der Waals surface area (Å²) < 4.78 is 11.4. The van der Waals surface area contributed by atoms with Crippen LogP contribution in [-0.2, 0) is 17.3 Å². The molecular formula is C20H25N3O2S. The molecule has 0 saturated carbocycles. The molecule has 1 N–H and O–H groups in total. The molecule has 2 aromatic carbocycles. The van der Waals surface area contributed by atoms with Crippen LogP contribution in [0.1, 0.15) is 15.9 Å². The number of anilines is 1. The van der Waals surface area contributed by atoms with E-state index in [2.05, 4.69) is 17.3 Å². The molecule has 6 heteroatoms. The zero-order chi connectivity index (χ0) is 18.5. The molecular weight excluding hydrogens is 346 g/mol. The van der Waals surface area contributed by atoms with Gasteiger partial charge in [0.1, 0.15) is 0 Å². The summed E-state index contributed by atoms with van der Waals surface area (Å²) in [5.74, 6) is 0.104. The maximum absolute atomic E-state index is 12.5. The van der Waals surface area contributed by atoms with Gasteiger partial charge in [-0.3, -0.25) is 9.00 Å². The molecule has 1 heterocycles. The quantitative estimate of drug-likeness (QED) is 0.877. The smallest absolute Gasteiger partial charge is 0.253 e. The molecule has 0 spiro atoms. The Morgan fingerprint density at radius 3 is 2.19 bits per heavy atom. The van der Waals surface area contributed by atoms with E-state index < -0.39 is 10.8 Å². The minimum Gasteiger partial charge on any atom is -0.381 e. The van der Waals surface area contributed by atoms with E-state index in [1.165, 1.54) is 0 Å². The predicted octanol–water partition coefficient (Wildman–Crippen LogP) is 2.42. The van der Waals surface area contributed by atoms with Crippen molar-refractivity contribution in [2.75, 3.05) is 44.8 Å². The minimum absolute atomic E-state index is 0.104. The molecule has 138 valence electrons. The third-order valence-corrected chi connectivity index (χ3v) is 5.61. The summed E-state index contributed by atoms with van der Waals surface area (Å²) in [6, 6.07) is 15.4. The first kappa shape index (κ1) is 18.6. The number of piperazine rings is 1. The number of nitrogens with one attached hydrogen (secondary N) is 1. The summed E-state index contributed by atoms with van der Waals surface area (Å²) in [6.45, 7) is 4.11. The number of hydrogen-bond acceptors (Lipinski definition) is 4. The van der Waals surface area contributed by atoms with Crippen LogP contribution in [0.2, 0.25) is 0 Å². The van der Waals surface area contributed by atoms with Crippen LogP contribution >= 0.6 is 0 Å². The van der Waals surface area contributed by atoms with Gasteiger partial charge in [-0.05, 0) is 49.0 Å². The molecule has 2 aromatic rings. The van der Waals surface area contributed by atoms with Crippen molar-refractivity contribution in [1.29, 1.82) is 0 Å². The fourth-order valence-corrected chi connectivity index (χ4v) is 3.45. The van der Waals surface area contributed by atoms with Crippen LogP contribution < -0.4 is 5.32 Å². The zero-order valence-corrected chi connectivity index (χ0v) is 16.1. The third kappa shape index (κ3) is 4.71. The lowest BCUT2D eigenvalue weighted by Crippen LogP contribution is -2.47. The van der Waals surface area contributed by atoms with E-state index in [1.807, 2.05) is 53.4 Å². The van der Waals surface area contributed by atoms with Crippen LogP contribution in [0.4, 0.5) is 5.69 Å². The maximum Gasteiger partial charge on any atom is 0.253 e. The van der Waals surface area contributed by atoms with E-state index in [4.69, 9.17) is 0 Å². The largest absolute Gasteiger partial charge is 0.381 e. The van der Waals surface area contributed by atoms with Gasteiger partial charge in [-0.25, -0.2) is 0 Å². The number of amides is 1. The molecule has 26 heavy (non-hydrogen) atoms. The molecule has 3 rings (SSSR count). The number of likely N-dealkylation sites (N-methyl/N-ethyl adjacent to an activating group) is 1. The molecule has 1 unspecified atom stereocenters. The second kappa shape index (κ2) is 8.47. The Hall–Kier alpha value is -2.18. The second-order valence-corrected chi connectivity index (χ2v) is 8.00. The Kier molecular flexibility index (Phi) is 6.06. The van der Waals surface area contributed by atoms with Gasteiger partial charge in [0.05, 0.1) is 0 Å². The van der Waals surface area contributed by atoms with Crippen molar-refractivity contribution in [1.82, 2.24) is 9.80 Å². The topological polar surface area (TPSA) is 52.6 Å². The monoisotopic (exact) mass is 371 g/mol. The second-order valence-electron chi connectivity index (χ2n) is 6.62. The van der Waals surface area contributed by atoms with E-state index >= 15 is 0 Å². The Morgan fingerprint density at radius 2 is 1.62 bits per heavy atom. The molecule has 5 nitrogen and oxygen atoms in total. The number of nitrogens with zero attached hydrogens (tertiary/aromatic N) is 2. The normalized spacial score (nSPS) is 16.3. The first-order chi connectivity index (χ1) is 12.5. The van der Waals surface area contributed by atoms with Gasteiger partial charge in [0.15, 0.2) is 0 Å². The molecule has 1 aliphatic heterocycles. The number of hydrogen-bond donors (Lipinski definition) is 1. The van der Waals surface area contributed by atoms with Gasteiger partial charge in [-0.2, -0.15) is 0 Å². The van der Waals surface area contributed by atoms with Gasteiger partial charge in [-0.1, -0.05) is 12.1 Å². The van der Waals surface area contributed by atoms with E-state index in [1.54, 1.807) is 6.26 Å². The lowest BCUT2D eigenvalue weighted by molar-refractivity contribution is 0.0664. The van der Waals surface area contributed by atoms with Gasteiger partial charge in [0, 0.05) is 65.9 Å². The molecule has 1 fully saturated rings. The van der Waals surface area contributed by atoms with Gasteiger partial charge in [-0.15, -0.1) is 0 Å². The summed E-state index contributed by atoms with van der Waals surface area (Å²) in [6.07, 6.45) is 1.68. The van der Waals surface area contributed by atoms with Crippen LogP contribution in [0, 0.1) is 0 Å². The minimum atomic E-state index is -0.948. The van der Waals surface area contributed by atoms with Crippen molar-refractivity contribution in [3.8, 4) is 0 Å². The molecule has 0 radical (unpaired) electrons. The van der Waals surface area contributed by atoms with Gasteiger partial charge in [0.25, 0.3) is 5.91 Å². The van der Waals surface area contributed by atoms with Crippen LogP contribution in [0.15, 0.2) is 53.4 Å². The SMILES string of the molecule is CN1CCN(C(=O)c2ccc(NCc3ccc(S(C)=O)cc3)cc2)CC1. The average Bonchev–Trinajstić information content (AvgIpc) is 2.67. The van der Waals surface area contributed by atoms with Crippen molar-refractivity contribution in [2.24, 2.45) is 0 Å². The molecule has 0 aromatic heterocycles. The molecule has 0 bridgehead atoms. The highest BCUT2D eigenvalue weighted by Gasteiger charge is 2.20. The van der Waals surface area contributed by atoms with Gasteiger partial charge in [0.2, 0.25) is 0 Å². The van der Waals surface area contributed by atoms with Crippen molar-refractivity contribution in [2.45, 2.75) is 11.4 Å². The van der Waals surface area contributed by atoms with Crippen molar-refractivity contribution in [3.63, 3.8) is 0 Å². The Balaban J connectivity index is 1.55. The number of carbonyl (C=O) groups is 1. The first-order valence-electron chi connectivity index (χ1n) is 8.77.